The van der Waals surface area contributed by atoms with Crippen molar-refractivity contribution in [1.29, 1.82) is 0 Å². The molecule has 0 aliphatic rings. The van der Waals surface area contributed by atoms with Gasteiger partial charge in [-0.15, -0.1) is 0 Å². The number of phenolic OH excluding ortho intramolecular Hbond substituents is 1. The van der Waals surface area contributed by atoms with E-state index in [-0.39, 0.29) is 17.2 Å². The van der Waals surface area contributed by atoms with Crippen molar-refractivity contribution in [2.75, 3.05) is 30.9 Å². The Hall–Kier alpha value is -3.52. The summed E-state index contributed by atoms with van der Waals surface area (Å²) in [6.45, 7) is 0.172. The molecule has 0 aromatic heterocycles. The summed E-state index contributed by atoms with van der Waals surface area (Å²) < 4.78 is 25.0. The zero-order valence-electron chi connectivity index (χ0n) is 17.4. The number of benzene rings is 3. The molecule has 0 fully saturated rings. The molecule has 0 heterocycles. The fraction of sp³-hybridized carbons (Fsp3) is 0.174. The first-order valence-corrected chi connectivity index (χ1v) is 11.2. The Morgan fingerprint density at radius 2 is 1.42 bits per heavy atom. The predicted octanol–water partition coefficient (Wildman–Crippen LogP) is 3.93. The van der Waals surface area contributed by atoms with Crippen LogP contribution >= 0.6 is 0 Å². The molecule has 3 aromatic carbocycles. The van der Waals surface area contributed by atoms with Gasteiger partial charge in [0.1, 0.15) is 5.75 Å². The Balaban J connectivity index is 1.59. The highest BCUT2D eigenvalue weighted by Crippen LogP contribution is 2.22. The minimum absolute atomic E-state index is 0.0665. The van der Waals surface area contributed by atoms with Crippen molar-refractivity contribution >= 4 is 32.1 Å². The van der Waals surface area contributed by atoms with Gasteiger partial charge in [0, 0.05) is 37.7 Å². The molecule has 0 saturated carbocycles. The average Bonchev–Trinajstić information content (AvgIpc) is 2.76. The number of phenols is 1. The van der Waals surface area contributed by atoms with E-state index in [1.165, 1.54) is 12.1 Å². The van der Waals surface area contributed by atoms with Crippen LogP contribution in [-0.2, 0) is 16.3 Å². The van der Waals surface area contributed by atoms with Crippen LogP contribution in [0.3, 0.4) is 0 Å². The van der Waals surface area contributed by atoms with Crippen LogP contribution in [0.25, 0.3) is 0 Å². The molecule has 0 saturated heterocycles. The maximum atomic E-state index is 12.5. The number of rotatable bonds is 7. The van der Waals surface area contributed by atoms with Gasteiger partial charge in [0.15, 0.2) is 0 Å². The fourth-order valence-electron chi connectivity index (χ4n) is 2.90. The van der Waals surface area contributed by atoms with Gasteiger partial charge in [0.2, 0.25) is 0 Å². The topological polar surface area (TPSA) is 98.7 Å². The van der Waals surface area contributed by atoms with Gasteiger partial charge in [0.05, 0.1) is 4.90 Å². The van der Waals surface area contributed by atoms with Crippen LogP contribution in [0.2, 0.25) is 0 Å². The smallest absolute Gasteiger partial charge is 0.341 e. The van der Waals surface area contributed by atoms with Gasteiger partial charge in [-0.3, -0.25) is 4.79 Å². The Bertz CT molecular complexity index is 1120. The third kappa shape index (κ3) is 5.76. The molecule has 0 bridgehead atoms. The van der Waals surface area contributed by atoms with Gasteiger partial charge in [0.25, 0.3) is 9.84 Å². The predicted molar refractivity (Wildman–Crippen MR) is 123 cm³/mol. The van der Waals surface area contributed by atoms with E-state index >= 15 is 0 Å². The highest BCUT2D eigenvalue weighted by atomic mass is 32.2. The van der Waals surface area contributed by atoms with Crippen LogP contribution < -0.4 is 15.5 Å². The van der Waals surface area contributed by atoms with Crippen LogP contribution in [0.1, 0.15) is 5.56 Å². The summed E-state index contributed by atoms with van der Waals surface area (Å²) in [4.78, 5) is 14.1. The molecule has 3 aromatic rings. The lowest BCUT2D eigenvalue weighted by molar-refractivity contribution is 0.258. The minimum atomic E-state index is -4.13. The average molecular weight is 440 g/mol. The minimum Gasteiger partial charge on any atom is -0.508 e. The number of hydrogen-bond donors (Lipinski definition) is 3. The number of hydrogen-bond acceptors (Lipinski definition) is 6. The Morgan fingerprint density at radius 3 is 1.97 bits per heavy atom. The van der Waals surface area contributed by atoms with E-state index < -0.39 is 15.1 Å². The van der Waals surface area contributed by atoms with Gasteiger partial charge in [-0.05, 0) is 72.6 Å². The molecule has 0 aliphatic carbocycles. The number of aromatic hydroxyl groups is 1. The zero-order valence-corrected chi connectivity index (χ0v) is 18.2. The van der Waals surface area contributed by atoms with Gasteiger partial charge in [-0.2, -0.15) is 0 Å². The van der Waals surface area contributed by atoms with E-state index in [4.69, 9.17) is 0 Å². The van der Waals surface area contributed by atoms with Crippen molar-refractivity contribution in [3.63, 3.8) is 0 Å². The molecule has 1 amide bonds. The lowest BCUT2D eigenvalue weighted by Gasteiger charge is -2.13. The summed E-state index contributed by atoms with van der Waals surface area (Å²) >= 11 is 0. The maximum absolute atomic E-state index is 12.5. The Morgan fingerprint density at radius 1 is 0.871 bits per heavy atom. The summed E-state index contributed by atoms with van der Waals surface area (Å²) in [6.07, 6.45) is 0.455. The zero-order chi connectivity index (χ0) is 22.4. The van der Waals surface area contributed by atoms with Crippen LogP contribution in [-0.4, -0.2) is 39.4 Å². The molecule has 0 unspecified atom stereocenters. The second-order valence-electron chi connectivity index (χ2n) is 7.22. The highest BCUT2D eigenvalue weighted by Gasteiger charge is 2.24. The maximum Gasteiger partial charge on any atom is 0.341 e. The summed E-state index contributed by atoms with van der Waals surface area (Å²) in [7, 11) is -0.201. The van der Waals surface area contributed by atoms with Crippen molar-refractivity contribution in [3.8, 4) is 5.75 Å². The molecule has 0 aliphatic heterocycles. The molecule has 0 spiro atoms. The molecule has 0 radical (unpaired) electrons. The molecule has 7 nitrogen and oxygen atoms in total. The van der Waals surface area contributed by atoms with Crippen molar-refractivity contribution in [2.45, 2.75) is 11.3 Å². The van der Waals surface area contributed by atoms with Gasteiger partial charge in [-0.1, -0.05) is 12.1 Å². The van der Waals surface area contributed by atoms with Crippen molar-refractivity contribution in [2.24, 2.45) is 0 Å². The van der Waals surface area contributed by atoms with Crippen molar-refractivity contribution in [3.05, 3.63) is 78.4 Å². The largest absolute Gasteiger partial charge is 0.508 e. The first-order valence-electron chi connectivity index (χ1n) is 9.71. The Kier molecular flexibility index (Phi) is 6.81. The number of amides is 1. The van der Waals surface area contributed by atoms with E-state index in [0.29, 0.717) is 12.1 Å². The quantitative estimate of drug-likeness (QED) is 0.516. The number of sulfone groups is 1. The first kappa shape index (κ1) is 22.2. The molecule has 162 valence electrons. The van der Waals surface area contributed by atoms with Gasteiger partial charge in [-0.25, -0.2) is 8.42 Å². The lowest BCUT2D eigenvalue weighted by Crippen LogP contribution is -2.31. The normalized spacial score (nSPS) is 11.0. The summed E-state index contributed by atoms with van der Waals surface area (Å²) in [5, 5.41) is 13.9. The van der Waals surface area contributed by atoms with Gasteiger partial charge >= 0.3 is 5.24 Å². The molecular weight excluding hydrogens is 414 g/mol. The molecule has 0 atom stereocenters. The molecule has 3 N–H and O–H groups in total. The number of carbonyl (C=O) groups is 1. The van der Waals surface area contributed by atoms with Crippen LogP contribution in [0, 0.1) is 0 Å². The number of nitrogens with one attached hydrogen (secondary N) is 2. The second kappa shape index (κ2) is 9.53. The van der Waals surface area contributed by atoms with E-state index in [9.17, 15) is 18.3 Å². The summed E-state index contributed by atoms with van der Waals surface area (Å²) in [5.41, 5.74) is 3.53. The number of nitrogens with zero attached hydrogens (tertiary/aromatic N) is 1. The molecule has 31 heavy (non-hydrogen) atoms. The van der Waals surface area contributed by atoms with E-state index in [2.05, 4.69) is 10.6 Å². The molecule has 3 rings (SSSR count). The van der Waals surface area contributed by atoms with E-state index in [1.54, 1.807) is 36.4 Å². The number of carbonyl (C=O) groups excluding carboxylic acids is 1. The standard InChI is InChI=1S/C23H25N3O4S/c1-26(2)20-9-5-18(6-10-20)25-19-7-13-22(14-8-19)31(29,30)23(28)24-16-15-17-3-11-21(27)12-4-17/h3-14,25,27H,15-16H2,1-2H3,(H,24,28). The van der Waals surface area contributed by atoms with Crippen LogP contribution in [0.15, 0.2) is 77.7 Å². The van der Waals surface area contributed by atoms with Crippen molar-refractivity contribution in [1.82, 2.24) is 5.32 Å². The third-order valence-corrected chi connectivity index (χ3v) is 6.23. The lowest BCUT2D eigenvalue weighted by atomic mass is 10.1. The first-order chi connectivity index (χ1) is 14.8. The number of anilines is 3. The summed E-state index contributed by atoms with van der Waals surface area (Å²) in [6, 6.07) is 20.4. The third-order valence-electron chi connectivity index (χ3n) is 4.70. The van der Waals surface area contributed by atoms with Crippen LogP contribution in [0.5, 0.6) is 5.75 Å². The fourth-order valence-corrected chi connectivity index (χ4v) is 3.90. The van der Waals surface area contributed by atoms with Crippen molar-refractivity contribution < 1.29 is 18.3 Å². The second-order valence-corrected chi connectivity index (χ2v) is 9.07. The molecular formula is C23H25N3O4S. The summed E-state index contributed by atoms with van der Waals surface area (Å²) in [5.74, 6) is 0.152. The van der Waals surface area contributed by atoms with Gasteiger partial charge < -0.3 is 20.6 Å². The molecule has 8 heteroatoms. The monoisotopic (exact) mass is 439 g/mol. The highest BCUT2D eigenvalue weighted by molar-refractivity contribution is 8.06. The van der Waals surface area contributed by atoms with Crippen LogP contribution in [0.4, 0.5) is 21.9 Å². The Labute approximate surface area is 182 Å². The van der Waals surface area contributed by atoms with E-state index in [1.807, 2.05) is 43.3 Å². The van der Waals surface area contributed by atoms with E-state index in [0.717, 1.165) is 16.9 Å². The SMILES string of the molecule is CN(C)c1ccc(Nc2ccc(S(=O)(=O)C(=O)NCCc3ccc(O)cc3)cc2)cc1.